The Hall–Kier alpha value is -3.31. The van der Waals surface area contributed by atoms with Gasteiger partial charge < -0.3 is 15.2 Å². The fourth-order valence-corrected chi connectivity index (χ4v) is 3.86. The summed E-state index contributed by atoms with van der Waals surface area (Å²) in [6.07, 6.45) is 0. The Bertz CT molecular complexity index is 1090. The summed E-state index contributed by atoms with van der Waals surface area (Å²) in [6.45, 7) is 0.943. The van der Waals surface area contributed by atoms with Gasteiger partial charge in [0.2, 0.25) is 0 Å². The van der Waals surface area contributed by atoms with Gasteiger partial charge in [-0.05, 0) is 23.3 Å². The normalized spacial score (nSPS) is 10.7. The lowest BCUT2D eigenvalue weighted by molar-refractivity contribution is 0.293. The predicted octanol–water partition coefficient (Wildman–Crippen LogP) is 5.34. The minimum Gasteiger partial charge on any atom is -0.489 e. The Morgan fingerprint density at radius 2 is 1.43 bits per heavy atom. The van der Waals surface area contributed by atoms with Crippen molar-refractivity contribution in [2.45, 2.75) is 13.2 Å². The molecule has 0 radical (unpaired) electrons. The second kappa shape index (κ2) is 8.15. The van der Waals surface area contributed by atoms with Gasteiger partial charge in [0.05, 0.1) is 4.88 Å². The van der Waals surface area contributed by atoms with E-state index in [1.807, 2.05) is 78.9 Å². The van der Waals surface area contributed by atoms with Gasteiger partial charge in [0.15, 0.2) is 0 Å². The van der Waals surface area contributed by atoms with E-state index in [1.54, 1.807) is 0 Å². The van der Waals surface area contributed by atoms with Crippen molar-refractivity contribution >= 4 is 27.3 Å². The number of nitrogens with two attached hydrogens (primary N) is 1. The van der Waals surface area contributed by atoms with Crippen LogP contribution in [0.3, 0.4) is 0 Å². The number of ether oxygens (including phenoxy) is 2. The van der Waals surface area contributed by atoms with Crippen LogP contribution in [-0.4, -0.2) is 5.84 Å². The summed E-state index contributed by atoms with van der Waals surface area (Å²) in [6, 6.07) is 25.9. The van der Waals surface area contributed by atoms with Crippen molar-refractivity contribution in [1.82, 2.24) is 0 Å². The lowest BCUT2D eigenvalue weighted by atomic mass is 10.2. The molecule has 0 saturated carbocycles. The van der Waals surface area contributed by atoms with Crippen LogP contribution in [0.2, 0.25) is 0 Å². The molecule has 3 aromatic carbocycles. The molecule has 4 rings (SSSR count). The van der Waals surface area contributed by atoms with Gasteiger partial charge in [-0.2, -0.15) is 0 Å². The second-order valence-corrected chi connectivity index (χ2v) is 7.49. The van der Waals surface area contributed by atoms with Crippen molar-refractivity contribution < 1.29 is 9.47 Å². The summed E-state index contributed by atoms with van der Waals surface area (Å²) < 4.78 is 13.1. The van der Waals surface area contributed by atoms with Crippen LogP contribution in [0.15, 0.2) is 78.9 Å². The van der Waals surface area contributed by atoms with Crippen LogP contribution < -0.4 is 15.2 Å². The molecule has 4 aromatic rings. The molecule has 0 saturated heterocycles. The number of thiophene rings is 1. The number of fused-ring (bicyclic) bond motifs is 1. The van der Waals surface area contributed by atoms with E-state index in [0.29, 0.717) is 13.2 Å². The van der Waals surface area contributed by atoms with Crippen LogP contribution in [0.4, 0.5) is 0 Å². The van der Waals surface area contributed by atoms with Crippen molar-refractivity contribution in [1.29, 1.82) is 5.41 Å². The first-order valence-electron chi connectivity index (χ1n) is 8.94. The Morgan fingerprint density at radius 3 is 2.04 bits per heavy atom. The molecule has 1 aromatic heterocycles. The zero-order chi connectivity index (χ0) is 19.3. The molecular formula is C23H20N2O2S. The third kappa shape index (κ3) is 4.15. The van der Waals surface area contributed by atoms with Gasteiger partial charge in [0, 0.05) is 16.2 Å². The molecule has 0 atom stereocenters. The van der Waals surface area contributed by atoms with Gasteiger partial charge in [-0.25, -0.2) is 0 Å². The molecule has 0 unspecified atom stereocenters. The highest BCUT2D eigenvalue weighted by Crippen LogP contribution is 2.37. The number of benzene rings is 3. The summed E-state index contributed by atoms with van der Waals surface area (Å²) >= 11 is 1.47. The molecule has 4 nitrogen and oxygen atoms in total. The van der Waals surface area contributed by atoms with Crippen molar-refractivity contribution in [3.05, 3.63) is 94.9 Å². The quantitative estimate of drug-likeness (QED) is 0.331. The fraction of sp³-hybridized carbons (Fsp3) is 0.0870. The van der Waals surface area contributed by atoms with Crippen LogP contribution in [0.25, 0.3) is 10.1 Å². The molecule has 28 heavy (non-hydrogen) atoms. The van der Waals surface area contributed by atoms with Crippen molar-refractivity contribution in [3.63, 3.8) is 0 Å². The maximum atomic E-state index is 7.74. The van der Waals surface area contributed by atoms with Gasteiger partial charge >= 0.3 is 0 Å². The monoisotopic (exact) mass is 388 g/mol. The van der Waals surface area contributed by atoms with Gasteiger partial charge in [-0.15, -0.1) is 11.3 Å². The van der Waals surface area contributed by atoms with Gasteiger partial charge in [0.25, 0.3) is 0 Å². The molecule has 0 bridgehead atoms. The van der Waals surface area contributed by atoms with Crippen LogP contribution in [0.1, 0.15) is 16.0 Å². The Labute approximate surface area is 167 Å². The lowest BCUT2D eigenvalue weighted by Crippen LogP contribution is -2.08. The topological polar surface area (TPSA) is 68.3 Å². The lowest BCUT2D eigenvalue weighted by Gasteiger charge is -2.11. The summed E-state index contributed by atoms with van der Waals surface area (Å²) in [4.78, 5) is 0.722. The number of nitrogen functional groups attached to an aromatic ring is 1. The maximum absolute atomic E-state index is 7.74. The minimum absolute atomic E-state index is 0.0574. The van der Waals surface area contributed by atoms with Crippen molar-refractivity contribution in [2.24, 2.45) is 5.73 Å². The molecule has 140 valence electrons. The Balaban J connectivity index is 1.63. The van der Waals surface area contributed by atoms with E-state index in [9.17, 15) is 0 Å². The highest BCUT2D eigenvalue weighted by atomic mass is 32.1. The van der Waals surface area contributed by atoms with E-state index in [2.05, 4.69) is 0 Å². The number of hydrogen-bond acceptors (Lipinski definition) is 4. The number of nitrogens with one attached hydrogen (secondary N) is 1. The zero-order valence-corrected chi connectivity index (χ0v) is 16.0. The average Bonchev–Trinajstić information content (AvgIpc) is 3.17. The Morgan fingerprint density at radius 1 is 0.821 bits per heavy atom. The number of amidine groups is 1. The van der Waals surface area contributed by atoms with Gasteiger partial charge in [-0.3, -0.25) is 5.41 Å². The van der Waals surface area contributed by atoms with Crippen LogP contribution in [0, 0.1) is 5.41 Å². The molecule has 3 N–H and O–H groups in total. The first kappa shape index (κ1) is 18.1. The van der Waals surface area contributed by atoms with Crippen LogP contribution >= 0.6 is 11.3 Å². The third-order valence-electron chi connectivity index (χ3n) is 4.32. The smallest absolute Gasteiger partial charge is 0.133 e. The van der Waals surface area contributed by atoms with Gasteiger partial charge in [0.1, 0.15) is 30.5 Å². The largest absolute Gasteiger partial charge is 0.489 e. The van der Waals surface area contributed by atoms with Crippen LogP contribution in [0.5, 0.6) is 11.5 Å². The van der Waals surface area contributed by atoms with E-state index in [0.717, 1.165) is 37.6 Å². The Kier molecular flexibility index (Phi) is 5.26. The van der Waals surface area contributed by atoms with Crippen molar-refractivity contribution in [2.75, 3.05) is 0 Å². The van der Waals surface area contributed by atoms with E-state index in [1.165, 1.54) is 11.3 Å². The van der Waals surface area contributed by atoms with Crippen LogP contribution in [-0.2, 0) is 13.2 Å². The summed E-state index contributed by atoms with van der Waals surface area (Å²) in [5.41, 5.74) is 7.88. The molecule has 0 aliphatic rings. The molecule has 1 heterocycles. The molecular weight excluding hydrogens is 368 g/mol. The molecule has 0 aliphatic carbocycles. The van der Waals surface area contributed by atoms with E-state index in [-0.39, 0.29) is 5.84 Å². The molecule has 0 fully saturated rings. The third-order valence-corrected chi connectivity index (χ3v) is 5.44. The summed E-state index contributed by atoms with van der Waals surface area (Å²) in [5, 5.41) is 8.68. The zero-order valence-electron chi connectivity index (χ0n) is 15.2. The molecule has 5 heteroatoms. The van der Waals surface area contributed by atoms with E-state index in [4.69, 9.17) is 20.6 Å². The number of hydrogen-bond donors (Lipinski definition) is 2. The summed E-state index contributed by atoms with van der Waals surface area (Å²) in [7, 11) is 0. The number of rotatable bonds is 7. The SMILES string of the molecule is N=C(N)c1cc2c(OCc3ccccc3)cc(OCc3ccccc3)cc2s1. The highest BCUT2D eigenvalue weighted by Gasteiger charge is 2.12. The van der Waals surface area contributed by atoms with E-state index < -0.39 is 0 Å². The average molecular weight is 388 g/mol. The van der Waals surface area contributed by atoms with E-state index >= 15 is 0 Å². The van der Waals surface area contributed by atoms with Crippen molar-refractivity contribution in [3.8, 4) is 11.5 Å². The second-order valence-electron chi connectivity index (χ2n) is 6.41. The fourth-order valence-electron chi connectivity index (χ4n) is 2.89. The molecule has 0 spiro atoms. The molecule has 0 aliphatic heterocycles. The summed E-state index contributed by atoms with van der Waals surface area (Å²) in [5.74, 6) is 1.52. The standard InChI is InChI=1S/C23H20N2O2S/c24-23(25)22-13-19-20(27-15-17-9-5-2-6-10-17)11-18(12-21(19)28-22)26-14-16-7-3-1-4-8-16/h1-13H,14-15H2,(H3,24,25). The highest BCUT2D eigenvalue weighted by molar-refractivity contribution is 7.20. The first-order chi connectivity index (χ1) is 13.7. The first-order valence-corrected chi connectivity index (χ1v) is 9.76. The predicted molar refractivity (Wildman–Crippen MR) is 114 cm³/mol. The minimum atomic E-state index is 0.0574. The van der Waals surface area contributed by atoms with Gasteiger partial charge in [-0.1, -0.05) is 60.7 Å². The molecule has 0 amide bonds. The maximum Gasteiger partial charge on any atom is 0.133 e.